The smallest absolute Gasteiger partial charge is 0.147 e. The third-order valence-electron chi connectivity index (χ3n) is 2.36. The molecule has 4 N–H and O–H groups in total. The predicted octanol–water partition coefficient (Wildman–Crippen LogP) is 1.52. The van der Waals surface area contributed by atoms with E-state index in [1.807, 2.05) is 30.3 Å². The average Bonchev–Trinajstić information content (AvgIpc) is 2.65. The number of ether oxygens (including phenoxy) is 1. The number of benzene rings is 1. The van der Waals surface area contributed by atoms with Crippen LogP contribution in [-0.4, -0.2) is 16.4 Å². The second-order valence-electron chi connectivity index (χ2n) is 3.73. The third-order valence-corrected chi connectivity index (χ3v) is 2.36. The third kappa shape index (κ3) is 3.14. The molecular weight excluding hydrogens is 216 g/mol. The lowest BCUT2D eigenvalue weighted by Gasteiger charge is -2.06. The van der Waals surface area contributed by atoms with E-state index >= 15 is 0 Å². The lowest BCUT2D eigenvalue weighted by molar-refractivity contribution is 0.299. The molecule has 0 saturated carbocycles. The maximum Gasteiger partial charge on any atom is 0.147 e. The van der Waals surface area contributed by atoms with Gasteiger partial charge in [-0.15, -0.1) is 0 Å². The van der Waals surface area contributed by atoms with Gasteiger partial charge in [0.2, 0.25) is 0 Å². The van der Waals surface area contributed by atoms with E-state index in [-0.39, 0.29) is 0 Å². The van der Waals surface area contributed by atoms with Crippen molar-refractivity contribution in [2.45, 2.75) is 13.0 Å². The minimum absolute atomic E-state index is 0.450. The monoisotopic (exact) mass is 232 g/mol. The first kappa shape index (κ1) is 11.3. The molecule has 0 fully saturated rings. The number of anilines is 2. The van der Waals surface area contributed by atoms with Crippen LogP contribution in [0.4, 0.5) is 11.6 Å². The van der Waals surface area contributed by atoms with Crippen LogP contribution < -0.4 is 16.2 Å². The van der Waals surface area contributed by atoms with Crippen LogP contribution in [-0.2, 0) is 6.54 Å². The Labute approximate surface area is 100.0 Å². The molecule has 0 amide bonds. The van der Waals surface area contributed by atoms with E-state index in [4.69, 9.17) is 16.2 Å². The van der Waals surface area contributed by atoms with Gasteiger partial charge in [0.1, 0.15) is 17.4 Å². The van der Waals surface area contributed by atoms with Crippen molar-refractivity contribution in [3.63, 3.8) is 0 Å². The SMILES string of the molecule is Nc1cc(N)n(CCCOc2ccccc2)n1. The van der Waals surface area contributed by atoms with Gasteiger partial charge in [-0.05, 0) is 12.1 Å². The first-order valence-corrected chi connectivity index (χ1v) is 5.52. The number of hydrogen-bond acceptors (Lipinski definition) is 4. The molecule has 0 unspecified atom stereocenters. The molecule has 5 heteroatoms. The van der Waals surface area contributed by atoms with E-state index in [1.54, 1.807) is 10.7 Å². The summed E-state index contributed by atoms with van der Waals surface area (Å²) in [5.41, 5.74) is 11.2. The summed E-state index contributed by atoms with van der Waals surface area (Å²) in [6, 6.07) is 11.4. The van der Waals surface area contributed by atoms with E-state index in [0.717, 1.165) is 12.2 Å². The van der Waals surface area contributed by atoms with E-state index in [0.29, 0.717) is 24.8 Å². The fourth-order valence-electron chi connectivity index (χ4n) is 1.55. The highest BCUT2D eigenvalue weighted by molar-refractivity contribution is 5.41. The van der Waals surface area contributed by atoms with E-state index in [1.165, 1.54) is 0 Å². The molecule has 0 aliphatic rings. The minimum atomic E-state index is 0.450. The van der Waals surface area contributed by atoms with Gasteiger partial charge in [0.25, 0.3) is 0 Å². The Morgan fingerprint density at radius 1 is 1.18 bits per heavy atom. The Hall–Kier alpha value is -2.17. The Balaban J connectivity index is 1.75. The quantitative estimate of drug-likeness (QED) is 0.766. The standard InChI is InChI=1S/C12H16N4O/c13-11-9-12(14)16(15-11)7-4-8-17-10-5-2-1-3-6-10/h1-3,5-6,9H,4,7-8,14H2,(H2,13,15). The zero-order chi connectivity index (χ0) is 12.1. The van der Waals surface area contributed by atoms with Gasteiger partial charge in [-0.1, -0.05) is 18.2 Å². The molecule has 0 bridgehead atoms. The lowest BCUT2D eigenvalue weighted by atomic mass is 10.3. The van der Waals surface area contributed by atoms with Gasteiger partial charge in [-0.3, -0.25) is 0 Å². The van der Waals surface area contributed by atoms with Gasteiger partial charge >= 0.3 is 0 Å². The molecule has 0 aliphatic carbocycles. The van der Waals surface area contributed by atoms with Crippen LogP contribution in [0.15, 0.2) is 36.4 Å². The highest BCUT2D eigenvalue weighted by Gasteiger charge is 2.01. The summed E-state index contributed by atoms with van der Waals surface area (Å²) in [5.74, 6) is 1.91. The van der Waals surface area contributed by atoms with Gasteiger partial charge < -0.3 is 16.2 Å². The number of nitrogens with zero attached hydrogens (tertiary/aromatic N) is 2. The van der Waals surface area contributed by atoms with Crippen LogP contribution in [0.5, 0.6) is 5.75 Å². The van der Waals surface area contributed by atoms with Gasteiger partial charge in [-0.25, -0.2) is 4.68 Å². The molecule has 0 atom stereocenters. The molecule has 90 valence electrons. The van der Waals surface area contributed by atoms with Crippen LogP contribution in [0.2, 0.25) is 0 Å². The van der Waals surface area contributed by atoms with Crippen LogP contribution in [0, 0.1) is 0 Å². The van der Waals surface area contributed by atoms with Crippen LogP contribution >= 0.6 is 0 Å². The second kappa shape index (κ2) is 5.25. The average molecular weight is 232 g/mol. The Bertz CT molecular complexity index is 467. The second-order valence-corrected chi connectivity index (χ2v) is 3.73. The molecule has 0 saturated heterocycles. The van der Waals surface area contributed by atoms with E-state index in [9.17, 15) is 0 Å². The van der Waals surface area contributed by atoms with Crippen molar-refractivity contribution in [1.82, 2.24) is 9.78 Å². The van der Waals surface area contributed by atoms with Crippen molar-refractivity contribution < 1.29 is 4.74 Å². The molecule has 0 radical (unpaired) electrons. The molecule has 1 aromatic carbocycles. The number of nitrogen functional groups attached to an aromatic ring is 2. The zero-order valence-electron chi connectivity index (χ0n) is 9.54. The Kier molecular flexibility index (Phi) is 3.49. The number of aromatic nitrogens is 2. The normalized spacial score (nSPS) is 10.4. The summed E-state index contributed by atoms with van der Waals surface area (Å²) in [6.45, 7) is 1.33. The Morgan fingerprint density at radius 3 is 2.59 bits per heavy atom. The van der Waals surface area contributed by atoms with Crippen LogP contribution in [0.25, 0.3) is 0 Å². The molecule has 5 nitrogen and oxygen atoms in total. The molecular formula is C12H16N4O. The first-order chi connectivity index (χ1) is 8.25. The summed E-state index contributed by atoms with van der Waals surface area (Å²) in [4.78, 5) is 0. The molecule has 0 aliphatic heterocycles. The van der Waals surface area contributed by atoms with Crippen LogP contribution in [0.3, 0.4) is 0 Å². The van der Waals surface area contributed by atoms with Crippen molar-refractivity contribution >= 4 is 11.6 Å². The fraction of sp³-hybridized carbons (Fsp3) is 0.250. The minimum Gasteiger partial charge on any atom is -0.494 e. The molecule has 0 spiro atoms. The van der Waals surface area contributed by atoms with Gasteiger partial charge in [0.15, 0.2) is 0 Å². The summed E-state index contributed by atoms with van der Waals surface area (Å²) in [6.07, 6.45) is 0.834. The first-order valence-electron chi connectivity index (χ1n) is 5.52. The van der Waals surface area contributed by atoms with Crippen molar-refractivity contribution in [2.75, 3.05) is 18.1 Å². The Morgan fingerprint density at radius 2 is 1.94 bits per heavy atom. The van der Waals surface area contributed by atoms with Gasteiger partial charge in [-0.2, -0.15) is 5.10 Å². The van der Waals surface area contributed by atoms with Gasteiger partial charge in [0, 0.05) is 19.0 Å². The number of nitrogens with two attached hydrogens (primary N) is 2. The highest BCUT2D eigenvalue weighted by atomic mass is 16.5. The molecule has 2 aromatic rings. The summed E-state index contributed by atoms with van der Waals surface area (Å²) in [5, 5.41) is 4.07. The molecule has 1 aromatic heterocycles. The summed E-state index contributed by atoms with van der Waals surface area (Å²) < 4.78 is 7.25. The summed E-state index contributed by atoms with van der Waals surface area (Å²) >= 11 is 0. The van der Waals surface area contributed by atoms with Crippen molar-refractivity contribution in [1.29, 1.82) is 0 Å². The number of hydrogen-bond donors (Lipinski definition) is 2. The highest BCUT2D eigenvalue weighted by Crippen LogP contribution is 2.10. The molecule has 17 heavy (non-hydrogen) atoms. The van der Waals surface area contributed by atoms with Gasteiger partial charge in [0.05, 0.1) is 6.61 Å². The predicted molar refractivity (Wildman–Crippen MR) is 67.6 cm³/mol. The van der Waals surface area contributed by atoms with Crippen molar-refractivity contribution in [3.05, 3.63) is 36.4 Å². The van der Waals surface area contributed by atoms with Crippen LogP contribution in [0.1, 0.15) is 6.42 Å². The van der Waals surface area contributed by atoms with Crippen molar-refractivity contribution in [2.24, 2.45) is 0 Å². The topological polar surface area (TPSA) is 79.1 Å². The molecule has 1 heterocycles. The van der Waals surface area contributed by atoms with E-state index < -0.39 is 0 Å². The number of rotatable bonds is 5. The zero-order valence-corrected chi connectivity index (χ0v) is 9.54. The summed E-state index contributed by atoms with van der Waals surface area (Å²) in [7, 11) is 0. The molecule has 2 rings (SSSR count). The number of para-hydroxylation sites is 1. The van der Waals surface area contributed by atoms with E-state index in [2.05, 4.69) is 5.10 Å². The maximum atomic E-state index is 5.71. The van der Waals surface area contributed by atoms with Crippen molar-refractivity contribution in [3.8, 4) is 5.75 Å². The number of aryl methyl sites for hydroxylation is 1. The maximum absolute atomic E-state index is 5.71. The largest absolute Gasteiger partial charge is 0.494 e. The fourth-order valence-corrected chi connectivity index (χ4v) is 1.55. The lowest BCUT2D eigenvalue weighted by Crippen LogP contribution is -2.08.